The van der Waals surface area contributed by atoms with Crippen LogP contribution in [0.25, 0.3) is 21.5 Å². The van der Waals surface area contributed by atoms with E-state index in [0.717, 1.165) is 10.8 Å². The molecule has 3 rings (SSSR count). The van der Waals surface area contributed by atoms with Crippen LogP contribution in [-0.4, -0.2) is 48.2 Å². The van der Waals surface area contributed by atoms with E-state index in [0.29, 0.717) is 10.8 Å². The number of carbonyl (C=O) groups is 4. The standard InChI is InChI=1S/C25H25NO7/c1-3-32-20(27)14-19(25(31)33-4-2)22(24(29)30)26-23(28)21-17-11-7-5-9-15(17)13-16-10-6-8-12-18(16)21/h5-13,19,22H,3-4,14H2,1-2H3,(H,26,28)(H,29,30)/t19-,22-/m0/s1. The van der Waals surface area contributed by atoms with Crippen LogP contribution in [0.4, 0.5) is 0 Å². The number of carboxylic acids is 1. The summed E-state index contributed by atoms with van der Waals surface area (Å²) in [5.41, 5.74) is 0.286. The molecule has 0 bridgehead atoms. The minimum Gasteiger partial charge on any atom is -0.480 e. The minimum absolute atomic E-state index is 0.00754. The van der Waals surface area contributed by atoms with Crippen LogP contribution in [0.2, 0.25) is 0 Å². The molecule has 33 heavy (non-hydrogen) atoms. The summed E-state index contributed by atoms with van der Waals surface area (Å²) >= 11 is 0. The van der Waals surface area contributed by atoms with Gasteiger partial charge in [-0.3, -0.25) is 14.4 Å². The van der Waals surface area contributed by atoms with Crippen molar-refractivity contribution in [2.75, 3.05) is 13.2 Å². The van der Waals surface area contributed by atoms with Gasteiger partial charge in [0.05, 0.1) is 31.1 Å². The van der Waals surface area contributed by atoms with Gasteiger partial charge in [-0.1, -0.05) is 48.5 Å². The average Bonchev–Trinajstić information content (AvgIpc) is 2.79. The summed E-state index contributed by atoms with van der Waals surface area (Å²) in [4.78, 5) is 50.1. The highest BCUT2D eigenvalue weighted by Gasteiger charge is 2.38. The number of nitrogens with one attached hydrogen (secondary N) is 1. The lowest BCUT2D eigenvalue weighted by Gasteiger charge is -2.23. The van der Waals surface area contributed by atoms with Crippen molar-refractivity contribution < 1.29 is 33.8 Å². The monoisotopic (exact) mass is 451 g/mol. The van der Waals surface area contributed by atoms with E-state index in [1.165, 1.54) is 0 Å². The minimum atomic E-state index is -1.70. The maximum atomic E-state index is 13.4. The van der Waals surface area contributed by atoms with Gasteiger partial charge in [0.25, 0.3) is 5.91 Å². The van der Waals surface area contributed by atoms with Crippen LogP contribution in [-0.2, 0) is 23.9 Å². The van der Waals surface area contributed by atoms with E-state index >= 15 is 0 Å². The molecule has 0 fully saturated rings. The van der Waals surface area contributed by atoms with Crippen LogP contribution in [0.1, 0.15) is 30.6 Å². The van der Waals surface area contributed by atoms with Crippen molar-refractivity contribution >= 4 is 45.4 Å². The van der Waals surface area contributed by atoms with E-state index in [2.05, 4.69) is 5.32 Å². The first kappa shape index (κ1) is 23.7. The van der Waals surface area contributed by atoms with E-state index in [-0.39, 0.29) is 18.8 Å². The van der Waals surface area contributed by atoms with Crippen LogP contribution in [0.3, 0.4) is 0 Å². The normalized spacial score (nSPS) is 12.7. The lowest BCUT2D eigenvalue weighted by Crippen LogP contribution is -2.49. The number of rotatable bonds is 9. The van der Waals surface area contributed by atoms with Gasteiger partial charge in [0.2, 0.25) is 0 Å². The molecule has 0 saturated carbocycles. The zero-order chi connectivity index (χ0) is 24.0. The molecular weight excluding hydrogens is 426 g/mol. The molecule has 0 saturated heterocycles. The highest BCUT2D eigenvalue weighted by Crippen LogP contribution is 2.29. The number of benzene rings is 3. The highest BCUT2D eigenvalue weighted by molar-refractivity contribution is 6.18. The first-order valence-electron chi connectivity index (χ1n) is 10.6. The summed E-state index contributed by atoms with van der Waals surface area (Å²) in [5.74, 6) is -5.25. The largest absolute Gasteiger partial charge is 0.480 e. The molecule has 172 valence electrons. The lowest BCUT2D eigenvalue weighted by molar-refractivity contribution is -0.159. The number of esters is 2. The molecule has 0 aliphatic heterocycles. The Morgan fingerprint density at radius 2 is 1.42 bits per heavy atom. The number of fused-ring (bicyclic) bond motifs is 2. The third-order valence-electron chi connectivity index (χ3n) is 5.23. The molecular formula is C25H25NO7. The van der Waals surface area contributed by atoms with Gasteiger partial charge in [-0.25, -0.2) is 4.79 Å². The van der Waals surface area contributed by atoms with Gasteiger partial charge in [0.1, 0.15) is 6.04 Å². The summed E-state index contributed by atoms with van der Waals surface area (Å²) in [6.07, 6.45) is -0.541. The van der Waals surface area contributed by atoms with Crippen molar-refractivity contribution in [3.05, 3.63) is 60.2 Å². The fourth-order valence-electron chi connectivity index (χ4n) is 3.79. The molecule has 1 amide bonds. The molecule has 3 aromatic rings. The second-order valence-electron chi connectivity index (χ2n) is 7.35. The summed E-state index contributed by atoms with van der Waals surface area (Å²) in [6, 6.07) is 14.8. The van der Waals surface area contributed by atoms with E-state index in [1.54, 1.807) is 38.1 Å². The van der Waals surface area contributed by atoms with Gasteiger partial charge in [-0.15, -0.1) is 0 Å². The van der Waals surface area contributed by atoms with Crippen molar-refractivity contribution in [2.24, 2.45) is 5.92 Å². The summed E-state index contributed by atoms with van der Waals surface area (Å²) < 4.78 is 9.86. The lowest BCUT2D eigenvalue weighted by atomic mass is 9.93. The third-order valence-corrected chi connectivity index (χ3v) is 5.23. The maximum Gasteiger partial charge on any atom is 0.327 e. The van der Waals surface area contributed by atoms with Gasteiger partial charge in [0, 0.05) is 0 Å². The van der Waals surface area contributed by atoms with E-state index in [4.69, 9.17) is 9.47 Å². The fraction of sp³-hybridized carbons (Fsp3) is 0.280. The SMILES string of the molecule is CCOC(=O)C[C@H](C(=O)OCC)[C@H](NC(=O)c1c2ccccc2cc2ccccc12)C(=O)O. The molecule has 2 atom stereocenters. The number of ether oxygens (including phenoxy) is 2. The zero-order valence-corrected chi connectivity index (χ0v) is 18.4. The number of hydrogen-bond acceptors (Lipinski definition) is 6. The first-order valence-corrected chi connectivity index (χ1v) is 10.6. The number of aliphatic carboxylic acids is 1. The highest BCUT2D eigenvalue weighted by atomic mass is 16.5. The molecule has 0 heterocycles. The number of carboxylic acid groups (broad SMARTS) is 1. The third kappa shape index (κ3) is 5.28. The number of carbonyl (C=O) groups excluding carboxylic acids is 3. The second-order valence-corrected chi connectivity index (χ2v) is 7.35. The van der Waals surface area contributed by atoms with Gasteiger partial charge in [-0.2, -0.15) is 0 Å². The molecule has 3 aromatic carbocycles. The molecule has 2 N–H and O–H groups in total. The maximum absolute atomic E-state index is 13.4. The number of hydrogen-bond donors (Lipinski definition) is 2. The second kappa shape index (κ2) is 10.6. The quantitative estimate of drug-likeness (QED) is 0.378. The number of amides is 1. The van der Waals surface area contributed by atoms with Crippen LogP contribution in [0.15, 0.2) is 54.6 Å². The Labute approximate surface area is 190 Å². The van der Waals surface area contributed by atoms with Crippen LogP contribution in [0, 0.1) is 5.92 Å². The predicted molar refractivity (Wildman–Crippen MR) is 122 cm³/mol. The Morgan fingerprint density at radius 1 is 0.879 bits per heavy atom. The topological polar surface area (TPSA) is 119 Å². The van der Waals surface area contributed by atoms with E-state index in [9.17, 15) is 24.3 Å². The van der Waals surface area contributed by atoms with Crippen molar-refractivity contribution in [1.29, 1.82) is 0 Å². The summed E-state index contributed by atoms with van der Waals surface area (Å²) in [7, 11) is 0. The summed E-state index contributed by atoms with van der Waals surface area (Å²) in [5, 5.41) is 15.2. The molecule has 0 aromatic heterocycles. The van der Waals surface area contributed by atoms with Crippen molar-refractivity contribution in [1.82, 2.24) is 5.32 Å². The van der Waals surface area contributed by atoms with Crippen LogP contribution in [0.5, 0.6) is 0 Å². The molecule has 8 heteroatoms. The molecule has 0 aliphatic rings. The predicted octanol–water partition coefficient (Wildman–Crippen LogP) is 3.31. The van der Waals surface area contributed by atoms with Crippen molar-refractivity contribution in [3.63, 3.8) is 0 Å². The Bertz CT molecular complexity index is 1150. The molecule has 0 radical (unpaired) electrons. The van der Waals surface area contributed by atoms with Crippen molar-refractivity contribution in [2.45, 2.75) is 26.3 Å². The smallest absolute Gasteiger partial charge is 0.327 e. The Morgan fingerprint density at radius 3 is 1.94 bits per heavy atom. The summed E-state index contributed by atoms with van der Waals surface area (Å²) in [6.45, 7) is 3.22. The Hall–Kier alpha value is -3.94. The van der Waals surface area contributed by atoms with E-state index in [1.807, 2.05) is 30.3 Å². The van der Waals surface area contributed by atoms with E-state index < -0.39 is 42.2 Å². The molecule has 0 spiro atoms. The molecule has 0 unspecified atom stereocenters. The van der Waals surface area contributed by atoms with Crippen LogP contribution >= 0.6 is 0 Å². The Kier molecular flexibility index (Phi) is 7.61. The molecule has 8 nitrogen and oxygen atoms in total. The average molecular weight is 451 g/mol. The fourth-order valence-corrected chi connectivity index (χ4v) is 3.79. The van der Waals surface area contributed by atoms with Gasteiger partial charge in [-0.05, 0) is 41.5 Å². The van der Waals surface area contributed by atoms with Gasteiger partial charge >= 0.3 is 17.9 Å². The van der Waals surface area contributed by atoms with Crippen LogP contribution < -0.4 is 5.32 Å². The molecule has 0 aliphatic carbocycles. The van der Waals surface area contributed by atoms with Crippen molar-refractivity contribution in [3.8, 4) is 0 Å². The first-order chi connectivity index (χ1) is 15.9. The Balaban J connectivity index is 2.04. The van der Waals surface area contributed by atoms with Gasteiger partial charge < -0.3 is 19.9 Å². The van der Waals surface area contributed by atoms with Gasteiger partial charge in [0.15, 0.2) is 0 Å². The zero-order valence-electron chi connectivity index (χ0n) is 18.4.